The monoisotopic (exact) mass is 485 g/mol. The van der Waals surface area contributed by atoms with Crippen LogP contribution < -0.4 is 15.4 Å². The van der Waals surface area contributed by atoms with Crippen molar-refractivity contribution in [1.29, 1.82) is 0 Å². The molecule has 2 heterocycles. The average Bonchev–Trinajstić information content (AvgIpc) is 3.28. The third-order valence-electron chi connectivity index (χ3n) is 6.32. The molecule has 1 aliphatic rings. The molecule has 0 bridgehead atoms. The van der Waals surface area contributed by atoms with Gasteiger partial charge in [0.05, 0.1) is 28.9 Å². The Bertz CT molecular complexity index is 1190. The molecule has 0 saturated heterocycles. The van der Waals surface area contributed by atoms with Gasteiger partial charge in [-0.3, -0.25) is 9.59 Å². The number of alkyl halides is 2. The molecule has 1 aliphatic carbocycles. The molecule has 1 amide bonds. The van der Waals surface area contributed by atoms with Crippen molar-refractivity contribution in [3.63, 3.8) is 0 Å². The Labute approximate surface area is 202 Å². The molecule has 2 aromatic heterocycles. The SMILES string of the molecule is CCC(NC(=O)c1cnc2c(cnn2CC)c1NC1CCC(=O)CC1)c1ccc(OC(F)F)cc1. The van der Waals surface area contributed by atoms with Gasteiger partial charge >= 0.3 is 6.61 Å². The van der Waals surface area contributed by atoms with Crippen LogP contribution in [0.25, 0.3) is 11.0 Å². The Morgan fingerprint density at radius 2 is 1.89 bits per heavy atom. The van der Waals surface area contributed by atoms with Gasteiger partial charge in [-0.1, -0.05) is 19.1 Å². The fourth-order valence-electron chi connectivity index (χ4n) is 4.41. The Morgan fingerprint density at radius 1 is 1.17 bits per heavy atom. The summed E-state index contributed by atoms with van der Waals surface area (Å²) in [6, 6.07) is 5.98. The zero-order valence-electron chi connectivity index (χ0n) is 19.8. The lowest BCUT2D eigenvalue weighted by Crippen LogP contribution is -2.31. The first-order valence-electron chi connectivity index (χ1n) is 11.9. The van der Waals surface area contributed by atoms with Crippen LogP contribution in [0, 0.1) is 0 Å². The van der Waals surface area contributed by atoms with E-state index in [-0.39, 0.29) is 29.5 Å². The van der Waals surface area contributed by atoms with Crippen molar-refractivity contribution in [2.45, 2.75) is 71.2 Å². The highest BCUT2D eigenvalue weighted by Crippen LogP contribution is 2.30. The van der Waals surface area contributed by atoms with Gasteiger partial charge in [0.15, 0.2) is 5.65 Å². The molecule has 2 N–H and O–H groups in total. The lowest BCUT2D eigenvalue weighted by molar-refractivity contribution is -0.120. The summed E-state index contributed by atoms with van der Waals surface area (Å²) in [6.45, 7) is 1.65. The van der Waals surface area contributed by atoms with E-state index in [1.807, 2.05) is 13.8 Å². The van der Waals surface area contributed by atoms with Crippen molar-refractivity contribution in [3.05, 3.63) is 47.8 Å². The summed E-state index contributed by atoms with van der Waals surface area (Å²) in [4.78, 5) is 29.6. The number of amides is 1. The summed E-state index contributed by atoms with van der Waals surface area (Å²) in [7, 11) is 0. The maximum absolute atomic E-state index is 13.4. The average molecular weight is 486 g/mol. The fourth-order valence-corrected chi connectivity index (χ4v) is 4.41. The fraction of sp³-hybridized carbons (Fsp3) is 0.440. The van der Waals surface area contributed by atoms with Crippen LogP contribution in [0.4, 0.5) is 14.5 Å². The number of rotatable bonds is 9. The van der Waals surface area contributed by atoms with Crippen LogP contribution in [-0.4, -0.2) is 39.1 Å². The third-order valence-corrected chi connectivity index (χ3v) is 6.32. The van der Waals surface area contributed by atoms with Crippen molar-refractivity contribution in [2.24, 2.45) is 0 Å². The molecule has 1 fully saturated rings. The number of halogens is 2. The second kappa shape index (κ2) is 10.8. The van der Waals surface area contributed by atoms with E-state index in [1.165, 1.54) is 12.1 Å². The van der Waals surface area contributed by atoms with Crippen molar-refractivity contribution < 1.29 is 23.1 Å². The zero-order valence-corrected chi connectivity index (χ0v) is 19.8. The molecule has 0 radical (unpaired) electrons. The van der Waals surface area contributed by atoms with Gasteiger partial charge in [-0.15, -0.1) is 0 Å². The summed E-state index contributed by atoms with van der Waals surface area (Å²) in [6.07, 6.45) is 6.30. The lowest BCUT2D eigenvalue weighted by Gasteiger charge is -2.25. The van der Waals surface area contributed by atoms with Crippen LogP contribution in [-0.2, 0) is 11.3 Å². The first-order chi connectivity index (χ1) is 16.9. The van der Waals surface area contributed by atoms with Crippen LogP contribution in [0.3, 0.4) is 0 Å². The molecule has 8 nitrogen and oxygen atoms in total. The van der Waals surface area contributed by atoms with Crippen LogP contribution in [0.1, 0.15) is 67.9 Å². The van der Waals surface area contributed by atoms with E-state index in [1.54, 1.807) is 29.2 Å². The molecule has 1 unspecified atom stereocenters. The van der Waals surface area contributed by atoms with Crippen molar-refractivity contribution in [3.8, 4) is 5.75 Å². The highest BCUT2D eigenvalue weighted by molar-refractivity contribution is 6.06. The van der Waals surface area contributed by atoms with Crippen LogP contribution in [0.15, 0.2) is 36.7 Å². The molecule has 1 aromatic carbocycles. The number of carbonyl (C=O) groups is 2. The summed E-state index contributed by atoms with van der Waals surface area (Å²) in [5, 5.41) is 11.7. The van der Waals surface area contributed by atoms with E-state index in [0.29, 0.717) is 55.5 Å². The molecule has 35 heavy (non-hydrogen) atoms. The van der Waals surface area contributed by atoms with Crippen molar-refractivity contribution in [2.75, 3.05) is 5.32 Å². The summed E-state index contributed by atoms with van der Waals surface area (Å²) >= 11 is 0. The van der Waals surface area contributed by atoms with Crippen molar-refractivity contribution in [1.82, 2.24) is 20.1 Å². The second-order valence-electron chi connectivity index (χ2n) is 8.58. The van der Waals surface area contributed by atoms with Gasteiger partial charge in [-0.25, -0.2) is 9.67 Å². The van der Waals surface area contributed by atoms with E-state index >= 15 is 0 Å². The number of hydrogen-bond acceptors (Lipinski definition) is 6. The number of ketones is 1. The van der Waals surface area contributed by atoms with Gasteiger partial charge in [-0.2, -0.15) is 13.9 Å². The van der Waals surface area contributed by atoms with Crippen LogP contribution in [0.5, 0.6) is 5.75 Å². The predicted molar refractivity (Wildman–Crippen MR) is 128 cm³/mol. The first-order valence-corrected chi connectivity index (χ1v) is 11.9. The number of aromatic nitrogens is 3. The smallest absolute Gasteiger partial charge is 0.387 e. The number of aryl methyl sites for hydroxylation is 1. The molecular weight excluding hydrogens is 456 g/mol. The summed E-state index contributed by atoms with van der Waals surface area (Å²) in [5.74, 6) is 0.0122. The van der Waals surface area contributed by atoms with E-state index in [9.17, 15) is 18.4 Å². The maximum atomic E-state index is 13.4. The lowest BCUT2D eigenvalue weighted by atomic mass is 9.94. The normalized spacial score (nSPS) is 15.4. The zero-order chi connectivity index (χ0) is 24.9. The number of nitrogens with one attached hydrogen (secondary N) is 2. The standard InChI is InChI=1S/C25H29F2N5O3/c1-3-21(15-5-11-18(12-6-15)35-25(26)27)31-24(34)20-13-28-23-19(14-29-32(23)4-2)22(20)30-16-7-9-17(33)10-8-16/h5-6,11-14,16,21,25H,3-4,7-10H2,1-2H3,(H,28,30)(H,31,34). The summed E-state index contributed by atoms with van der Waals surface area (Å²) in [5.41, 5.74) is 2.50. The molecule has 0 spiro atoms. The van der Waals surface area contributed by atoms with Gasteiger partial charge in [-0.05, 0) is 43.9 Å². The quantitative estimate of drug-likeness (QED) is 0.449. The number of hydrogen-bond donors (Lipinski definition) is 2. The molecule has 10 heteroatoms. The number of benzene rings is 1. The van der Waals surface area contributed by atoms with Crippen LogP contribution in [0.2, 0.25) is 0 Å². The second-order valence-corrected chi connectivity index (χ2v) is 8.58. The van der Waals surface area contributed by atoms with Crippen LogP contribution >= 0.6 is 0 Å². The summed E-state index contributed by atoms with van der Waals surface area (Å²) < 4.78 is 31.1. The number of fused-ring (bicyclic) bond motifs is 1. The molecule has 1 saturated carbocycles. The molecule has 0 aliphatic heterocycles. The highest BCUT2D eigenvalue weighted by atomic mass is 19.3. The van der Waals surface area contributed by atoms with E-state index in [4.69, 9.17) is 0 Å². The Balaban J connectivity index is 1.60. The molecule has 3 aromatic rings. The number of nitrogens with zero attached hydrogens (tertiary/aromatic N) is 3. The Hall–Kier alpha value is -3.56. The largest absolute Gasteiger partial charge is 0.435 e. The molecule has 4 rings (SSSR count). The number of pyridine rings is 1. The molecule has 1 atom stereocenters. The Morgan fingerprint density at radius 3 is 2.51 bits per heavy atom. The predicted octanol–water partition coefficient (Wildman–Crippen LogP) is 4.86. The minimum Gasteiger partial charge on any atom is -0.435 e. The number of carbonyl (C=O) groups excluding carboxylic acids is 2. The number of ether oxygens (including phenoxy) is 1. The third kappa shape index (κ3) is 5.58. The minimum atomic E-state index is -2.89. The van der Waals surface area contributed by atoms with Gasteiger partial charge in [0.1, 0.15) is 11.5 Å². The Kier molecular flexibility index (Phi) is 7.57. The molecular formula is C25H29F2N5O3. The van der Waals surface area contributed by atoms with E-state index in [0.717, 1.165) is 10.9 Å². The first kappa shape index (κ1) is 24.6. The van der Waals surface area contributed by atoms with Crippen molar-refractivity contribution >= 4 is 28.4 Å². The number of anilines is 1. The van der Waals surface area contributed by atoms with E-state index in [2.05, 4.69) is 25.5 Å². The highest BCUT2D eigenvalue weighted by Gasteiger charge is 2.25. The number of Topliss-reactive ketones (excluding diaryl/α,β-unsaturated/α-hetero) is 1. The topological polar surface area (TPSA) is 98.1 Å². The van der Waals surface area contributed by atoms with Gasteiger partial charge in [0, 0.05) is 31.6 Å². The maximum Gasteiger partial charge on any atom is 0.387 e. The van der Waals surface area contributed by atoms with E-state index < -0.39 is 6.61 Å². The minimum absolute atomic E-state index is 0.0602. The van der Waals surface area contributed by atoms with Gasteiger partial charge < -0.3 is 15.4 Å². The van der Waals surface area contributed by atoms with Gasteiger partial charge in [0.2, 0.25) is 0 Å². The molecule has 186 valence electrons. The van der Waals surface area contributed by atoms with Gasteiger partial charge in [0.25, 0.3) is 5.91 Å².